The molecule has 2 rings (SSSR count). The van der Waals surface area contributed by atoms with Gasteiger partial charge in [-0.25, -0.2) is 0 Å². The smallest absolute Gasteiger partial charge is 0.130 e. The van der Waals surface area contributed by atoms with Crippen LogP contribution in [0.3, 0.4) is 0 Å². The number of nitrogens with zero attached hydrogens (tertiary/aromatic N) is 3. The second-order valence-electron chi connectivity index (χ2n) is 4.63. The predicted molar refractivity (Wildman–Crippen MR) is 86.8 cm³/mol. The van der Waals surface area contributed by atoms with Gasteiger partial charge in [-0.15, -0.1) is 0 Å². The zero-order valence-electron chi connectivity index (χ0n) is 11.3. The number of hydrogen-bond acceptors (Lipinski definition) is 2. The molecular formula is C14H17Br2N3. The molecule has 0 N–H and O–H groups in total. The molecule has 0 saturated carbocycles. The summed E-state index contributed by atoms with van der Waals surface area (Å²) >= 11 is 7.06. The molecule has 2 aromatic rings. The number of alkyl halides is 1. The van der Waals surface area contributed by atoms with E-state index in [1.54, 1.807) is 0 Å². The van der Waals surface area contributed by atoms with Gasteiger partial charge in [-0.3, -0.25) is 4.68 Å². The molecule has 0 bridgehead atoms. The van der Waals surface area contributed by atoms with E-state index in [-0.39, 0.29) is 0 Å². The molecule has 0 saturated heterocycles. The second-order valence-corrected chi connectivity index (χ2v) is 6.11. The van der Waals surface area contributed by atoms with Crippen molar-refractivity contribution in [3.63, 3.8) is 0 Å². The Morgan fingerprint density at radius 2 is 2.11 bits per heavy atom. The Labute approximate surface area is 130 Å². The number of benzene rings is 1. The highest BCUT2D eigenvalue weighted by molar-refractivity contribution is 9.10. The normalized spacial score (nSPS) is 10.8. The van der Waals surface area contributed by atoms with Crippen LogP contribution in [0.1, 0.15) is 16.8 Å². The largest absolute Gasteiger partial charge is 0.355 e. The first-order valence-corrected chi connectivity index (χ1v) is 7.98. The molecule has 0 aliphatic carbocycles. The molecule has 0 aliphatic heterocycles. The lowest BCUT2D eigenvalue weighted by Gasteiger charge is -2.21. The number of halogens is 2. The third-order valence-corrected chi connectivity index (χ3v) is 4.17. The van der Waals surface area contributed by atoms with E-state index in [0.29, 0.717) is 0 Å². The van der Waals surface area contributed by atoms with Crippen molar-refractivity contribution in [2.45, 2.75) is 18.8 Å². The van der Waals surface area contributed by atoms with Crippen LogP contribution in [0.25, 0.3) is 0 Å². The van der Waals surface area contributed by atoms with Gasteiger partial charge in [0.2, 0.25) is 0 Å². The molecule has 19 heavy (non-hydrogen) atoms. The van der Waals surface area contributed by atoms with Crippen molar-refractivity contribution in [1.82, 2.24) is 9.78 Å². The predicted octanol–water partition coefficient (Wildman–Crippen LogP) is 4.02. The summed E-state index contributed by atoms with van der Waals surface area (Å²) in [4.78, 5) is 2.23. The molecule has 0 spiro atoms. The number of rotatable bonds is 4. The van der Waals surface area contributed by atoms with E-state index in [4.69, 9.17) is 0 Å². The Morgan fingerprint density at radius 1 is 1.37 bits per heavy atom. The average Bonchev–Trinajstić information content (AvgIpc) is 2.63. The Kier molecular flexibility index (Phi) is 4.68. The molecule has 1 heterocycles. The fraction of sp³-hybridized carbons (Fsp3) is 0.357. The number of hydrogen-bond donors (Lipinski definition) is 0. The monoisotopic (exact) mass is 385 g/mol. The maximum absolute atomic E-state index is 4.50. The minimum Gasteiger partial charge on any atom is -0.355 e. The molecule has 102 valence electrons. The Morgan fingerprint density at radius 3 is 2.74 bits per heavy atom. The number of aromatic nitrogens is 2. The molecule has 0 unspecified atom stereocenters. The highest BCUT2D eigenvalue weighted by atomic mass is 79.9. The minimum atomic E-state index is 0.824. The third-order valence-electron chi connectivity index (χ3n) is 3.12. The summed E-state index contributed by atoms with van der Waals surface area (Å²) in [7, 11) is 4.09. The van der Waals surface area contributed by atoms with Gasteiger partial charge in [0.25, 0.3) is 0 Å². The first-order chi connectivity index (χ1) is 9.02. The molecule has 5 heteroatoms. The maximum atomic E-state index is 4.50. The highest BCUT2D eigenvalue weighted by Crippen LogP contribution is 2.26. The number of aryl methyl sites for hydroxylation is 2. The fourth-order valence-corrected chi connectivity index (χ4v) is 3.41. The first-order valence-electron chi connectivity index (χ1n) is 6.07. The van der Waals surface area contributed by atoms with Crippen molar-refractivity contribution >= 4 is 37.7 Å². The van der Waals surface area contributed by atoms with Gasteiger partial charge in [-0.05, 0) is 24.6 Å². The van der Waals surface area contributed by atoms with Crippen molar-refractivity contribution in [2.24, 2.45) is 7.05 Å². The van der Waals surface area contributed by atoms with Crippen molar-refractivity contribution in [3.05, 3.63) is 45.6 Å². The van der Waals surface area contributed by atoms with Gasteiger partial charge in [0, 0.05) is 36.0 Å². The zero-order valence-corrected chi connectivity index (χ0v) is 14.5. The summed E-state index contributed by atoms with van der Waals surface area (Å²) in [5.74, 6) is 1.16. The summed E-state index contributed by atoms with van der Waals surface area (Å²) < 4.78 is 3.06. The van der Waals surface area contributed by atoms with Gasteiger partial charge < -0.3 is 4.90 Å². The van der Waals surface area contributed by atoms with Gasteiger partial charge >= 0.3 is 0 Å². The molecule has 0 atom stereocenters. The van der Waals surface area contributed by atoms with Gasteiger partial charge in [0.1, 0.15) is 5.82 Å². The third kappa shape index (κ3) is 3.20. The standard InChI is InChI=1S/C14H17Br2N3/c1-10-13(8-15)14(19(3)17-10)18(2)9-11-5-4-6-12(16)7-11/h4-7H,8-9H2,1-3H3. The quantitative estimate of drug-likeness (QED) is 0.740. The van der Waals surface area contributed by atoms with Crippen LogP contribution in [-0.2, 0) is 18.9 Å². The fourth-order valence-electron chi connectivity index (χ4n) is 2.31. The van der Waals surface area contributed by atoms with E-state index in [1.165, 1.54) is 11.1 Å². The zero-order chi connectivity index (χ0) is 14.0. The average molecular weight is 387 g/mol. The first kappa shape index (κ1) is 14.6. The Hall–Kier alpha value is -0.810. The molecule has 0 fully saturated rings. The minimum absolute atomic E-state index is 0.824. The van der Waals surface area contributed by atoms with Crippen molar-refractivity contribution in [1.29, 1.82) is 0 Å². The molecule has 1 aromatic heterocycles. The van der Waals surface area contributed by atoms with Crippen molar-refractivity contribution < 1.29 is 0 Å². The summed E-state index contributed by atoms with van der Waals surface area (Å²) in [6, 6.07) is 8.39. The molecule has 0 aliphatic rings. The van der Waals surface area contributed by atoms with Crippen LogP contribution in [-0.4, -0.2) is 16.8 Å². The van der Waals surface area contributed by atoms with E-state index in [2.05, 4.69) is 67.1 Å². The molecule has 1 aromatic carbocycles. The summed E-state index contributed by atoms with van der Waals surface area (Å²) in [6.45, 7) is 2.91. The van der Waals surface area contributed by atoms with Crippen molar-refractivity contribution in [2.75, 3.05) is 11.9 Å². The van der Waals surface area contributed by atoms with Crippen LogP contribution in [0.4, 0.5) is 5.82 Å². The van der Waals surface area contributed by atoms with Crippen LogP contribution in [0.5, 0.6) is 0 Å². The second kappa shape index (κ2) is 6.09. The summed E-state index contributed by atoms with van der Waals surface area (Å²) in [5.41, 5.74) is 3.60. The number of anilines is 1. The van der Waals surface area contributed by atoms with Gasteiger partial charge in [-0.1, -0.05) is 44.0 Å². The molecule has 3 nitrogen and oxygen atoms in total. The lowest BCUT2D eigenvalue weighted by molar-refractivity contribution is 0.726. The van der Waals surface area contributed by atoms with E-state index in [9.17, 15) is 0 Å². The van der Waals surface area contributed by atoms with E-state index >= 15 is 0 Å². The van der Waals surface area contributed by atoms with Crippen LogP contribution < -0.4 is 4.90 Å². The van der Waals surface area contributed by atoms with Gasteiger partial charge in [0.05, 0.1) is 5.69 Å². The topological polar surface area (TPSA) is 21.1 Å². The Bertz CT molecular complexity index is 578. The van der Waals surface area contributed by atoms with Crippen molar-refractivity contribution in [3.8, 4) is 0 Å². The lowest BCUT2D eigenvalue weighted by atomic mass is 10.2. The van der Waals surface area contributed by atoms with Crippen LogP contribution in [0, 0.1) is 6.92 Å². The highest BCUT2D eigenvalue weighted by Gasteiger charge is 2.16. The molecule has 0 radical (unpaired) electrons. The lowest BCUT2D eigenvalue weighted by Crippen LogP contribution is -2.20. The van der Waals surface area contributed by atoms with Crippen LogP contribution in [0.15, 0.2) is 28.7 Å². The van der Waals surface area contributed by atoms with E-state index in [0.717, 1.165) is 27.9 Å². The van der Waals surface area contributed by atoms with Gasteiger partial charge in [0.15, 0.2) is 0 Å². The van der Waals surface area contributed by atoms with E-state index < -0.39 is 0 Å². The molecule has 0 amide bonds. The maximum Gasteiger partial charge on any atom is 0.130 e. The van der Waals surface area contributed by atoms with E-state index in [1.807, 2.05) is 24.7 Å². The van der Waals surface area contributed by atoms with Crippen LogP contribution >= 0.6 is 31.9 Å². The Balaban J connectivity index is 2.27. The SMILES string of the molecule is Cc1nn(C)c(N(C)Cc2cccc(Br)c2)c1CBr. The van der Waals surface area contributed by atoms with Gasteiger partial charge in [-0.2, -0.15) is 5.10 Å². The van der Waals surface area contributed by atoms with Crippen LogP contribution in [0.2, 0.25) is 0 Å². The summed E-state index contributed by atoms with van der Waals surface area (Å²) in [6.07, 6.45) is 0. The summed E-state index contributed by atoms with van der Waals surface area (Å²) in [5, 5.41) is 5.32. The molecular weight excluding hydrogens is 370 g/mol.